The van der Waals surface area contributed by atoms with Crippen LogP contribution < -0.4 is 0 Å². The van der Waals surface area contributed by atoms with E-state index < -0.39 is 40.1 Å². The van der Waals surface area contributed by atoms with Crippen LogP contribution >= 0.6 is 11.6 Å². The topological polar surface area (TPSA) is 122 Å². The van der Waals surface area contributed by atoms with Gasteiger partial charge in [-0.25, -0.2) is 9.80 Å². The van der Waals surface area contributed by atoms with Crippen molar-refractivity contribution < 1.29 is 29.7 Å². The number of amides is 2. The molecule has 2 fully saturated rings. The number of carbonyl (C=O) groups excluding carboxylic acids is 2. The zero-order valence-electron chi connectivity index (χ0n) is 25.6. The summed E-state index contributed by atoms with van der Waals surface area (Å²) >= 11 is 6.09. The number of halogens is 1. The van der Waals surface area contributed by atoms with Crippen LogP contribution in [0.1, 0.15) is 86.1 Å². The Bertz CT molecular complexity index is 1100. The largest absolute Gasteiger partial charge is 0.465 e. The summed E-state index contributed by atoms with van der Waals surface area (Å²) in [5, 5.41) is 36.1. The van der Waals surface area contributed by atoms with Crippen LogP contribution in [0.3, 0.4) is 0 Å². The van der Waals surface area contributed by atoms with Gasteiger partial charge in [-0.2, -0.15) is 0 Å². The maximum absolute atomic E-state index is 14.4. The average molecular weight is 594 g/mol. The number of aliphatic hydroxyl groups excluding tert-OH is 1. The molecule has 230 valence electrons. The van der Waals surface area contributed by atoms with Gasteiger partial charge >= 0.3 is 6.09 Å². The summed E-state index contributed by atoms with van der Waals surface area (Å²) in [6.07, 6.45) is 1.45. The van der Waals surface area contributed by atoms with Crippen molar-refractivity contribution in [3.8, 4) is 0 Å². The fraction of sp³-hybridized carbons (Fsp3) is 0.710. The lowest BCUT2D eigenvalue weighted by Gasteiger charge is -2.54. The second-order valence-electron chi connectivity index (χ2n) is 13.9. The molecule has 3 rings (SSSR count). The van der Waals surface area contributed by atoms with Gasteiger partial charge in [0.25, 0.3) is 0 Å². The predicted octanol–water partition coefficient (Wildman–Crippen LogP) is 4.93. The highest BCUT2D eigenvalue weighted by molar-refractivity contribution is 6.30. The fourth-order valence-corrected chi connectivity index (χ4v) is 7.29. The van der Waals surface area contributed by atoms with Crippen LogP contribution in [0, 0.1) is 17.3 Å². The number of aliphatic hydroxyl groups is 2. The molecule has 41 heavy (non-hydrogen) atoms. The smallest absolute Gasteiger partial charge is 0.408 e. The summed E-state index contributed by atoms with van der Waals surface area (Å²) in [7, 11) is 0. The molecule has 1 aliphatic heterocycles. The van der Waals surface area contributed by atoms with Crippen molar-refractivity contribution in [2.24, 2.45) is 17.3 Å². The maximum Gasteiger partial charge on any atom is 0.408 e. The Morgan fingerprint density at radius 2 is 1.78 bits per heavy atom. The van der Waals surface area contributed by atoms with Crippen LogP contribution in [0.2, 0.25) is 5.02 Å². The molecule has 2 amide bonds. The van der Waals surface area contributed by atoms with E-state index in [1.165, 1.54) is 4.90 Å². The van der Waals surface area contributed by atoms with E-state index in [0.717, 1.165) is 11.8 Å². The van der Waals surface area contributed by atoms with E-state index in [4.69, 9.17) is 11.6 Å². The van der Waals surface area contributed by atoms with Crippen molar-refractivity contribution in [2.75, 3.05) is 19.7 Å². The Morgan fingerprint density at radius 3 is 2.24 bits per heavy atom. The lowest BCUT2D eigenvalue weighted by Crippen LogP contribution is -2.64. The van der Waals surface area contributed by atoms with Gasteiger partial charge in [0.05, 0.1) is 5.60 Å². The molecule has 1 saturated heterocycles. The minimum Gasteiger partial charge on any atom is -0.465 e. The number of piperidine rings is 1. The lowest BCUT2D eigenvalue weighted by molar-refractivity contribution is -0.198. The molecule has 1 aromatic carbocycles. The van der Waals surface area contributed by atoms with Gasteiger partial charge in [-0.3, -0.25) is 14.7 Å². The minimum absolute atomic E-state index is 0.162. The zero-order chi connectivity index (χ0) is 31.0. The molecule has 0 spiro atoms. The number of aldehydes is 1. The van der Waals surface area contributed by atoms with Crippen molar-refractivity contribution in [3.63, 3.8) is 0 Å². The van der Waals surface area contributed by atoms with E-state index in [1.54, 1.807) is 17.1 Å². The average Bonchev–Trinajstić information content (AvgIpc) is 3.27. The normalized spacial score (nSPS) is 27.4. The van der Waals surface area contributed by atoms with Crippen LogP contribution in [0.5, 0.6) is 0 Å². The van der Waals surface area contributed by atoms with Gasteiger partial charge in [-0.05, 0) is 76.5 Å². The third-order valence-electron chi connectivity index (χ3n) is 9.23. The number of hydrogen-bond donors (Lipinski definition) is 3. The van der Waals surface area contributed by atoms with E-state index in [2.05, 4.69) is 0 Å². The molecule has 1 heterocycles. The number of hydrazine groups is 1. The van der Waals surface area contributed by atoms with Crippen LogP contribution in [0.25, 0.3) is 0 Å². The van der Waals surface area contributed by atoms with E-state index in [-0.39, 0.29) is 31.3 Å². The second kappa shape index (κ2) is 12.2. The summed E-state index contributed by atoms with van der Waals surface area (Å²) < 4.78 is 0. The van der Waals surface area contributed by atoms with Gasteiger partial charge in [-0.15, -0.1) is 0 Å². The third-order valence-corrected chi connectivity index (χ3v) is 9.49. The van der Waals surface area contributed by atoms with Crippen molar-refractivity contribution in [3.05, 3.63) is 34.9 Å². The first-order chi connectivity index (χ1) is 18.9. The minimum atomic E-state index is -1.17. The van der Waals surface area contributed by atoms with Crippen LogP contribution in [0.15, 0.2) is 24.3 Å². The number of benzene rings is 1. The molecule has 0 bridgehead atoms. The number of rotatable bonds is 9. The van der Waals surface area contributed by atoms with Crippen molar-refractivity contribution in [2.45, 2.75) is 103 Å². The molecule has 4 atom stereocenters. The van der Waals surface area contributed by atoms with E-state index in [0.29, 0.717) is 37.4 Å². The Kier molecular flexibility index (Phi) is 9.90. The first-order valence-corrected chi connectivity index (χ1v) is 15.0. The molecule has 0 radical (unpaired) electrons. The van der Waals surface area contributed by atoms with Crippen LogP contribution in [-0.2, 0) is 15.2 Å². The first-order valence-electron chi connectivity index (χ1n) is 14.6. The van der Waals surface area contributed by atoms with Gasteiger partial charge in [0.15, 0.2) is 0 Å². The van der Waals surface area contributed by atoms with Gasteiger partial charge in [-0.1, -0.05) is 51.4 Å². The zero-order valence-corrected chi connectivity index (χ0v) is 26.3. The summed E-state index contributed by atoms with van der Waals surface area (Å²) in [4.78, 5) is 40.7. The molecular weight excluding hydrogens is 546 g/mol. The molecule has 3 N–H and O–H groups in total. The SMILES string of the molecule is CC(C)[C@H](C=O)N(C(=O)[C@@H]1CCC(CCO)(N(C(=O)O)C(C)(C)C)C1)N1CC[C@](O)(c2ccc(Cl)cc2)C(C)(C)C1. The first kappa shape index (κ1) is 33.3. The van der Waals surface area contributed by atoms with E-state index in [9.17, 15) is 29.7 Å². The highest BCUT2D eigenvalue weighted by Gasteiger charge is 2.54. The van der Waals surface area contributed by atoms with Gasteiger partial charge in [0.2, 0.25) is 5.91 Å². The molecule has 1 unspecified atom stereocenters. The molecule has 1 saturated carbocycles. The fourth-order valence-electron chi connectivity index (χ4n) is 7.17. The second-order valence-corrected chi connectivity index (χ2v) is 14.3. The number of carboxylic acid groups (broad SMARTS) is 1. The highest BCUT2D eigenvalue weighted by atomic mass is 35.5. The third kappa shape index (κ3) is 6.43. The Balaban J connectivity index is 1.96. The molecule has 10 heteroatoms. The standard InChI is InChI=1S/C31H48ClN3O6/c1-21(2)25(19-37)34(33-16-14-31(41,29(6,7)20-33)23-8-10-24(32)11-9-23)26(38)22-12-13-30(18-22,15-17-36)35(27(39)40)28(3,4)5/h8-11,19,21-22,25,36,41H,12-18,20H2,1-7H3,(H,39,40)/t22-,25+,30?,31+/m1/s1. The maximum atomic E-state index is 14.4. The molecule has 0 aromatic heterocycles. The molecule has 1 aromatic rings. The summed E-state index contributed by atoms with van der Waals surface area (Å²) in [6, 6.07) is 6.45. The van der Waals surface area contributed by atoms with Crippen molar-refractivity contribution >= 4 is 29.9 Å². The summed E-state index contributed by atoms with van der Waals surface area (Å²) in [5.74, 6) is -0.903. The summed E-state index contributed by atoms with van der Waals surface area (Å²) in [5.41, 5.74) is -2.73. The molecular formula is C31H48ClN3O6. The number of carbonyl (C=O) groups is 3. The Hall–Kier alpha value is -2.20. The van der Waals surface area contributed by atoms with E-state index in [1.807, 2.05) is 65.6 Å². The molecule has 9 nitrogen and oxygen atoms in total. The van der Waals surface area contributed by atoms with Gasteiger partial charge in [0, 0.05) is 47.1 Å². The van der Waals surface area contributed by atoms with Crippen LogP contribution in [0.4, 0.5) is 4.79 Å². The number of nitrogens with zero attached hydrogens (tertiary/aromatic N) is 3. The molecule has 1 aliphatic carbocycles. The summed E-state index contributed by atoms with van der Waals surface area (Å²) in [6.45, 7) is 13.6. The van der Waals surface area contributed by atoms with Crippen molar-refractivity contribution in [1.82, 2.24) is 14.9 Å². The Morgan fingerprint density at radius 1 is 1.17 bits per heavy atom. The predicted molar refractivity (Wildman–Crippen MR) is 158 cm³/mol. The monoisotopic (exact) mass is 593 g/mol. The van der Waals surface area contributed by atoms with Gasteiger partial charge < -0.3 is 20.1 Å². The lowest BCUT2D eigenvalue weighted by atomic mass is 9.67. The van der Waals surface area contributed by atoms with E-state index >= 15 is 0 Å². The Labute approximate surface area is 249 Å². The van der Waals surface area contributed by atoms with Gasteiger partial charge in [0.1, 0.15) is 12.3 Å². The quantitative estimate of drug-likeness (QED) is 0.347. The highest BCUT2D eigenvalue weighted by Crippen LogP contribution is 2.48. The molecule has 2 aliphatic rings. The number of hydrogen-bond acceptors (Lipinski definition) is 6. The van der Waals surface area contributed by atoms with Crippen molar-refractivity contribution in [1.29, 1.82) is 0 Å². The van der Waals surface area contributed by atoms with Crippen LogP contribution in [-0.4, -0.2) is 85.3 Å².